The van der Waals surface area contributed by atoms with E-state index in [1.807, 2.05) is 20.8 Å². The highest BCUT2D eigenvalue weighted by molar-refractivity contribution is 5.87. The molecular formula is C9H14N2O3. The standard InChI is InChI=1S/C9H14N2O3/c1-9(2,3)11(8(12)13-4)7-5-6-14-10-7/h5-6H,1-4H3. The summed E-state index contributed by atoms with van der Waals surface area (Å²) in [4.78, 5) is 12.9. The zero-order valence-corrected chi connectivity index (χ0v) is 8.77. The molecule has 0 fully saturated rings. The van der Waals surface area contributed by atoms with E-state index in [0.717, 1.165) is 0 Å². The van der Waals surface area contributed by atoms with Crippen LogP contribution in [0.4, 0.5) is 10.6 Å². The minimum atomic E-state index is -0.452. The summed E-state index contributed by atoms with van der Waals surface area (Å²) >= 11 is 0. The van der Waals surface area contributed by atoms with E-state index in [2.05, 4.69) is 14.4 Å². The second-order valence-electron chi connectivity index (χ2n) is 3.83. The Hall–Kier alpha value is -1.52. The zero-order chi connectivity index (χ0) is 10.8. The Bertz CT molecular complexity index is 300. The Morgan fingerprint density at radius 2 is 2.21 bits per heavy atom. The van der Waals surface area contributed by atoms with Gasteiger partial charge in [0.15, 0.2) is 5.82 Å². The molecule has 1 heterocycles. The Balaban J connectivity index is 3.01. The number of hydrogen-bond donors (Lipinski definition) is 0. The van der Waals surface area contributed by atoms with Gasteiger partial charge in [0.25, 0.3) is 0 Å². The molecule has 0 bridgehead atoms. The fourth-order valence-electron chi connectivity index (χ4n) is 1.12. The second kappa shape index (κ2) is 3.69. The van der Waals surface area contributed by atoms with Crippen molar-refractivity contribution in [3.05, 3.63) is 12.3 Å². The highest BCUT2D eigenvalue weighted by atomic mass is 16.5. The summed E-state index contributed by atoms with van der Waals surface area (Å²) in [6.07, 6.45) is 0.961. The Morgan fingerprint density at radius 1 is 1.57 bits per heavy atom. The molecule has 1 aromatic rings. The molecule has 0 unspecified atom stereocenters. The largest absolute Gasteiger partial charge is 0.452 e. The molecule has 0 aliphatic rings. The van der Waals surface area contributed by atoms with Crippen LogP contribution in [-0.4, -0.2) is 23.9 Å². The van der Waals surface area contributed by atoms with Gasteiger partial charge in [-0.3, -0.25) is 4.90 Å². The van der Waals surface area contributed by atoms with E-state index in [1.54, 1.807) is 6.07 Å². The minimum absolute atomic E-state index is 0.399. The van der Waals surface area contributed by atoms with Crippen LogP contribution in [0.2, 0.25) is 0 Å². The lowest BCUT2D eigenvalue weighted by Crippen LogP contribution is -2.46. The molecule has 0 saturated carbocycles. The first-order valence-electron chi connectivity index (χ1n) is 4.25. The zero-order valence-electron chi connectivity index (χ0n) is 8.77. The van der Waals surface area contributed by atoms with Gasteiger partial charge in [-0.05, 0) is 20.8 Å². The number of carbonyl (C=O) groups excluding carboxylic acids is 1. The van der Waals surface area contributed by atoms with Gasteiger partial charge < -0.3 is 9.26 Å². The summed E-state index contributed by atoms with van der Waals surface area (Å²) < 4.78 is 9.35. The van der Waals surface area contributed by atoms with Gasteiger partial charge in [0.2, 0.25) is 0 Å². The van der Waals surface area contributed by atoms with Crippen molar-refractivity contribution in [3.63, 3.8) is 0 Å². The van der Waals surface area contributed by atoms with Crippen molar-refractivity contribution in [2.75, 3.05) is 12.0 Å². The highest BCUT2D eigenvalue weighted by Gasteiger charge is 2.30. The smallest absolute Gasteiger partial charge is 0.415 e. The van der Waals surface area contributed by atoms with Crippen LogP contribution in [0.1, 0.15) is 20.8 Å². The molecule has 1 amide bonds. The Kier molecular flexibility index (Phi) is 2.78. The molecule has 1 aromatic heterocycles. The predicted octanol–water partition coefficient (Wildman–Crippen LogP) is 2.05. The quantitative estimate of drug-likeness (QED) is 0.693. The van der Waals surface area contributed by atoms with Crippen molar-refractivity contribution in [2.24, 2.45) is 0 Å². The van der Waals surface area contributed by atoms with E-state index < -0.39 is 11.6 Å². The van der Waals surface area contributed by atoms with Gasteiger partial charge in [0.05, 0.1) is 7.11 Å². The molecule has 0 atom stereocenters. The maximum atomic E-state index is 11.5. The van der Waals surface area contributed by atoms with Crippen LogP contribution in [0.3, 0.4) is 0 Å². The summed E-state index contributed by atoms with van der Waals surface area (Å²) in [5.41, 5.74) is -0.399. The molecule has 5 heteroatoms. The summed E-state index contributed by atoms with van der Waals surface area (Å²) in [5.74, 6) is 0.448. The summed E-state index contributed by atoms with van der Waals surface area (Å²) in [6, 6.07) is 1.61. The van der Waals surface area contributed by atoms with Crippen molar-refractivity contribution in [3.8, 4) is 0 Å². The minimum Gasteiger partial charge on any atom is -0.452 e. The van der Waals surface area contributed by atoms with E-state index in [0.29, 0.717) is 5.82 Å². The van der Waals surface area contributed by atoms with Crippen LogP contribution in [0.25, 0.3) is 0 Å². The van der Waals surface area contributed by atoms with Crippen LogP contribution >= 0.6 is 0 Å². The second-order valence-corrected chi connectivity index (χ2v) is 3.83. The van der Waals surface area contributed by atoms with Crippen LogP contribution in [-0.2, 0) is 4.74 Å². The first-order chi connectivity index (χ1) is 6.46. The van der Waals surface area contributed by atoms with Crippen LogP contribution < -0.4 is 4.90 Å². The van der Waals surface area contributed by atoms with E-state index in [4.69, 9.17) is 0 Å². The van der Waals surface area contributed by atoms with Crippen LogP contribution in [0.5, 0.6) is 0 Å². The Morgan fingerprint density at radius 3 is 2.57 bits per heavy atom. The van der Waals surface area contributed by atoms with Gasteiger partial charge >= 0.3 is 6.09 Å². The molecular weight excluding hydrogens is 184 g/mol. The lowest BCUT2D eigenvalue weighted by molar-refractivity contribution is 0.172. The normalized spacial score (nSPS) is 11.1. The average molecular weight is 198 g/mol. The molecule has 0 aromatic carbocycles. The monoisotopic (exact) mass is 198 g/mol. The number of hydrogen-bond acceptors (Lipinski definition) is 4. The predicted molar refractivity (Wildman–Crippen MR) is 51.1 cm³/mol. The topological polar surface area (TPSA) is 55.6 Å². The van der Waals surface area contributed by atoms with Gasteiger partial charge in [-0.15, -0.1) is 0 Å². The third-order valence-electron chi connectivity index (χ3n) is 1.68. The average Bonchev–Trinajstić information content (AvgIpc) is 2.54. The lowest BCUT2D eigenvalue weighted by Gasteiger charge is -2.31. The van der Waals surface area contributed by atoms with E-state index >= 15 is 0 Å². The number of carbonyl (C=O) groups is 1. The van der Waals surface area contributed by atoms with Crippen LogP contribution in [0.15, 0.2) is 16.9 Å². The summed E-state index contributed by atoms with van der Waals surface area (Å²) in [6.45, 7) is 5.66. The number of amides is 1. The molecule has 0 aliphatic heterocycles. The number of anilines is 1. The Labute approximate surface area is 82.6 Å². The lowest BCUT2D eigenvalue weighted by atomic mass is 10.1. The van der Waals surface area contributed by atoms with Crippen molar-refractivity contribution < 1.29 is 14.1 Å². The number of rotatable bonds is 1. The van der Waals surface area contributed by atoms with E-state index in [1.165, 1.54) is 18.3 Å². The van der Waals surface area contributed by atoms with E-state index in [9.17, 15) is 4.79 Å². The molecule has 1 rings (SSSR count). The van der Waals surface area contributed by atoms with Gasteiger partial charge in [-0.2, -0.15) is 0 Å². The third kappa shape index (κ3) is 2.04. The number of ether oxygens (including phenoxy) is 1. The van der Waals surface area contributed by atoms with Gasteiger partial charge in [-0.1, -0.05) is 5.16 Å². The number of methoxy groups -OCH3 is 1. The van der Waals surface area contributed by atoms with Crippen molar-refractivity contribution in [1.82, 2.24) is 5.16 Å². The van der Waals surface area contributed by atoms with Crippen LogP contribution in [0, 0.1) is 0 Å². The molecule has 0 aliphatic carbocycles. The number of aromatic nitrogens is 1. The van der Waals surface area contributed by atoms with Crippen molar-refractivity contribution >= 4 is 11.9 Å². The third-order valence-corrected chi connectivity index (χ3v) is 1.68. The SMILES string of the molecule is COC(=O)N(c1ccon1)C(C)(C)C. The van der Waals surface area contributed by atoms with E-state index in [-0.39, 0.29) is 0 Å². The molecule has 5 nitrogen and oxygen atoms in total. The van der Waals surface area contributed by atoms with Crippen molar-refractivity contribution in [2.45, 2.75) is 26.3 Å². The first kappa shape index (κ1) is 10.6. The molecule has 0 saturated heterocycles. The highest BCUT2D eigenvalue weighted by Crippen LogP contribution is 2.22. The molecule has 0 N–H and O–H groups in total. The maximum Gasteiger partial charge on any atom is 0.415 e. The molecule has 0 spiro atoms. The fraction of sp³-hybridized carbons (Fsp3) is 0.556. The first-order valence-corrected chi connectivity index (χ1v) is 4.25. The molecule has 0 radical (unpaired) electrons. The summed E-state index contributed by atoms with van der Waals surface area (Å²) in [7, 11) is 1.33. The van der Waals surface area contributed by atoms with Gasteiger partial charge in [0.1, 0.15) is 6.26 Å². The fourth-order valence-corrected chi connectivity index (χ4v) is 1.12. The molecule has 14 heavy (non-hydrogen) atoms. The summed E-state index contributed by atoms with van der Waals surface area (Å²) in [5, 5.41) is 3.70. The maximum absolute atomic E-state index is 11.5. The van der Waals surface area contributed by atoms with Crippen molar-refractivity contribution in [1.29, 1.82) is 0 Å². The van der Waals surface area contributed by atoms with Gasteiger partial charge in [-0.25, -0.2) is 4.79 Å². The van der Waals surface area contributed by atoms with Gasteiger partial charge in [0, 0.05) is 11.6 Å². The number of nitrogens with zero attached hydrogens (tertiary/aromatic N) is 2. The molecule has 78 valence electrons.